The molecule has 1 aromatic heterocycles. The minimum atomic E-state index is -0.414. The molecule has 1 heterocycles. The molecular formula is C14H16BrClFN3. The first kappa shape index (κ1) is 15.5. The molecule has 0 spiro atoms. The third-order valence-electron chi connectivity index (χ3n) is 3.52. The standard InChI is InChI=1S/C14H16BrClFN3/c1-7-11(8(2)20(4)19-7)14(18-3)9-5-6-10(15)12(16)13(9)17/h5-6,14,18H,1-4H3. The predicted octanol–water partition coefficient (Wildman–Crippen LogP) is 3.90. The first-order chi connectivity index (χ1) is 9.38. The number of hydrogen-bond acceptors (Lipinski definition) is 2. The van der Waals surface area contributed by atoms with Gasteiger partial charge in [0.25, 0.3) is 0 Å². The van der Waals surface area contributed by atoms with Crippen LogP contribution in [0.5, 0.6) is 0 Å². The number of nitrogens with zero attached hydrogens (tertiary/aromatic N) is 2. The van der Waals surface area contributed by atoms with Crippen LogP contribution >= 0.6 is 27.5 Å². The highest BCUT2D eigenvalue weighted by atomic mass is 79.9. The van der Waals surface area contributed by atoms with Crippen LogP contribution in [0.4, 0.5) is 4.39 Å². The van der Waals surface area contributed by atoms with Crippen LogP contribution in [0, 0.1) is 19.7 Å². The maximum absolute atomic E-state index is 14.4. The summed E-state index contributed by atoms with van der Waals surface area (Å²) in [5, 5.41) is 7.64. The molecule has 0 bridgehead atoms. The normalized spacial score (nSPS) is 12.8. The minimum Gasteiger partial charge on any atom is -0.309 e. The number of hydrogen-bond donors (Lipinski definition) is 1. The Morgan fingerprint density at radius 2 is 2.05 bits per heavy atom. The molecule has 3 nitrogen and oxygen atoms in total. The van der Waals surface area contributed by atoms with E-state index in [2.05, 4.69) is 26.3 Å². The van der Waals surface area contributed by atoms with Crippen molar-refractivity contribution in [3.8, 4) is 0 Å². The molecule has 1 unspecified atom stereocenters. The van der Waals surface area contributed by atoms with Crippen molar-refractivity contribution in [3.05, 3.63) is 50.0 Å². The van der Waals surface area contributed by atoms with Gasteiger partial charge in [-0.05, 0) is 42.9 Å². The van der Waals surface area contributed by atoms with Crippen molar-refractivity contribution in [2.75, 3.05) is 7.05 Å². The van der Waals surface area contributed by atoms with Gasteiger partial charge in [0.15, 0.2) is 0 Å². The van der Waals surface area contributed by atoms with E-state index in [0.29, 0.717) is 10.0 Å². The number of nitrogens with one attached hydrogen (secondary N) is 1. The highest BCUT2D eigenvalue weighted by molar-refractivity contribution is 9.10. The van der Waals surface area contributed by atoms with E-state index in [4.69, 9.17) is 11.6 Å². The van der Waals surface area contributed by atoms with Crippen LogP contribution in [-0.2, 0) is 7.05 Å². The summed E-state index contributed by atoms with van der Waals surface area (Å²) in [6.45, 7) is 3.89. The van der Waals surface area contributed by atoms with Gasteiger partial charge in [0.2, 0.25) is 0 Å². The van der Waals surface area contributed by atoms with Crippen LogP contribution in [0.1, 0.15) is 28.6 Å². The van der Waals surface area contributed by atoms with Gasteiger partial charge in [0.1, 0.15) is 5.82 Å². The van der Waals surface area contributed by atoms with Crippen molar-refractivity contribution in [3.63, 3.8) is 0 Å². The van der Waals surface area contributed by atoms with E-state index in [1.54, 1.807) is 23.9 Å². The lowest BCUT2D eigenvalue weighted by atomic mass is 9.96. The maximum Gasteiger partial charge on any atom is 0.148 e. The average molecular weight is 361 g/mol. The van der Waals surface area contributed by atoms with Crippen LogP contribution in [0.2, 0.25) is 5.02 Å². The molecule has 6 heteroatoms. The molecule has 0 radical (unpaired) electrons. The Kier molecular flexibility index (Phi) is 4.52. The van der Waals surface area contributed by atoms with E-state index in [1.165, 1.54) is 0 Å². The molecule has 1 atom stereocenters. The molecule has 1 aromatic carbocycles. The van der Waals surface area contributed by atoms with Gasteiger partial charge in [-0.1, -0.05) is 17.7 Å². The van der Waals surface area contributed by atoms with Crippen LogP contribution in [0.15, 0.2) is 16.6 Å². The van der Waals surface area contributed by atoms with Gasteiger partial charge >= 0.3 is 0 Å². The molecule has 108 valence electrons. The monoisotopic (exact) mass is 359 g/mol. The Morgan fingerprint density at radius 1 is 1.40 bits per heavy atom. The van der Waals surface area contributed by atoms with Crippen molar-refractivity contribution in [2.24, 2.45) is 7.05 Å². The molecule has 20 heavy (non-hydrogen) atoms. The number of aryl methyl sites for hydroxylation is 2. The number of aromatic nitrogens is 2. The Balaban J connectivity index is 2.62. The summed E-state index contributed by atoms with van der Waals surface area (Å²) in [6.07, 6.45) is 0. The molecule has 0 saturated heterocycles. The number of halogens is 3. The summed E-state index contributed by atoms with van der Waals surface area (Å²) in [4.78, 5) is 0. The van der Waals surface area contributed by atoms with Gasteiger partial charge in [-0.3, -0.25) is 4.68 Å². The molecule has 0 aliphatic heterocycles. The Labute approximate surface area is 131 Å². The molecular weight excluding hydrogens is 345 g/mol. The summed E-state index contributed by atoms with van der Waals surface area (Å²) >= 11 is 9.22. The van der Waals surface area contributed by atoms with Crippen molar-refractivity contribution in [2.45, 2.75) is 19.9 Å². The minimum absolute atomic E-state index is 0.0990. The highest BCUT2D eigenvalue weighted by Crippen LogP contribution is 2.34. The number of benzene rings is 1. The lowest BCUT2D eigenvalue weighted by Crippen LogP contribution is -2.20. The molecule has 0 saturated carbocycles. The molecule has 2 aromatic rings. The fourth-order valence-electron chi connectivity index (χ4n) is 2.43. The van der Waals surface area contributed by atoms with Gasteiger partial charge < -0.3 is 5.32 Å². The topological polar surface area (TPSA) is 29.9 Å². The molecule has 0 amide bonds. The quantitative estimate of drug-likeness (QED) is 0.841. The Morgan fingerprint density at radius 3 is 2.55 bits per heavy atom. The summed E-state index contributed by atoms with van der Waals surface area (Å²) in [5.74, 6) is -0.414. The smallest absolute Gasteiger partial charge is 0.148 e. The molecule has 0 fully saturated rings. The van der Waals surface area contributed by atoms with E-state index in [0.717, 1.165) is 17.0 Å². The van der Waals surface area contributed by atoms with Gasteiger partial charge in [0, 0.05) is 28.3 Å². The average Bonchev–Trinajstić information content (AvgIpc) is 2.65. The summed E-state index contributed by atoms with van der Waals surface area (Å²) in [7, 11) is 3.68. The fourth-order valence-corrected chi connectivity index (χ4v) is 2.91. The second-order valence-corrected chi connectivity index (χ2v) is 5.93. The van der Waals surface area contributed by atoms with Crippen molar-refractivity contribution < 1.29 is 4.39 Å². The summed E-state index contributed by atoms with van der Waals surface area (Å²) < 4.78 is 16.8. The van der Waals surface area contributed by atoms with Crippen LogP contribution in [0.25, 0.3) is 0 Å². The lowest BCUT2D eigenvalue weighted by Gasteiger charge is -2.19. The van der Waals surface area contributed by atoms with Crippen molar-refractivity contribution in [1.82, 2.24) is 15.1 Å². The first-order valence-corrected chi connectivity index (χ1v) is 7.36. The number of rotatable bonds is 3. The van der Waals surface area contributed by atoms with Gasteiger partial charge in [-0.15, -0.1) is 0 Å². The highest BCUT2D eigenvalue weighted by Gasteiger charge is 2.24. The van der Waals surface area contributed by atoms with Gasteiger partial charge in [-0.2, -0.15) is 5.10 Å². The van der Waals surface area contributed by atoms with E-state index >= 15 is 0 Å². The fraction of sp³-hybridized carbons (Fsp3) is 0.357. The predicted molar refractivity (Wildman–Crippen MR) is 82.7 cm³/mol. The molecule has 1 N–H and O–H groups in total. The van der Waals surface area contributed by atoms with Crippen molar-refractivity contribution >= 4 is 27.5 Å². The van der Waals surface area contributed by atoms with E-state index in [1.807, 2.05) is 20.9 Å². The second-order valence-electron chi connectivity index (χ2n) is 4.69. The van der Waals surface area contributed by atoms with E-state index in [-0.39, 0.29) is 11.1 Å². The summed E-state index contributed by atoms with van der Waals surface area (Å²) in [6, 6.07) is 3.21. The first-order valence-electron chi connectivity index (χ1n) is 6.19. The molecule has 0 aliphatic rings. The van der Waals surface area contributed by atoms with Crippen LogP contribution in [-0.4, -0.2) is 16.8 Å². The largest absolute Gasteiger partial charge is 0.309 e. The zero-order valence-corrected chi connectivity index (χ0v) is 14.1. The maximum atomic E-state index is 14.4. The van der Waals surface area contributed by atoms with E-state index in [9.17, 15) is 4.39 Å². The molecule has 0 aliphatic carbocycles. The summed E-state index contributed by atoms with van der Waals surface area (Å²) in [5.41, 5.74) is 3.37. The zero-order chi connectivity index (χ0) is 15.0. The van der Waals surface area contributed by atoms with E-state index < -0.39 is 5.82 Å². The Hall–Kier alpha value is -0.910. The zero-order valence-electron chi connectivity index (χ0n) is 11.8. The van der Waals surface area contributed by atoms with Crippen LogP contribution in [0.3, 0.4) is 0 Å². The third-order valence-corrected chi connectivity index (χ3v) is 4.78. The second kappa shape index (κ2) is 5.84. The Bertz CT molecular complexity index is 654. The SMILES string of the molecule is CNC(c1ccc(Br)c(Cl)c1F)c1c(C)nn(C)c1C. The van der Waals surface area contributed by atoms with Crippen LogP contribution < -0.4 is 5.32 Å². The van der Waals surface area contributed by atoms with Gasteiger partial charge in [-0.25, -0.2) is 4.39 Å². The lowest BCUT2D eigenvalue weighted by molar-refractivity contribution is 0.573. The molecule has 2 rings (SSSR count). The van der Waals surface area contributed by atoms with Gasteiger partial charge in [0.05, 0.1) is 16.8 Å². The third kappa shape index (κ3) is 2.50. The van der Waals surface area contributed by atoms with Crippen molar-refractivity contribution in [1.29, 1.82) is 0 Å².